The summed E-state index contributed by atoms with van der Waals surface area (Å²) in [7, 11) is 2.33. The number of rotatable bonds is 6. The maximum atomic E-state index is 3.67. The fraction of sp³-hybridized carbons (Fsp3) is 1.00. The van der Waals surface area contributed by atoms with Crippen LogP contribution in [0.15, 0.2) is 0 Å². The molecule has 1 unspecified atom stereocenters. The van der Waals surface area contributed by atoms with E-state index >= 15 is 0 Å². The van der Waals surface area contributed by atoms with E-state index < -0.39 is 0 Å². The minimum Gasteiger partial charge on any atom is -0.314 e. The Morgan fingerprint density at radius 3 is 2.16 bits per heavy atom. The smallest absolute Gasteiger partial charge is 0.0128 e. The van der Waals surface area contributed by atoms with Crippen LogP contribution in [-0.2, 0) is 0 Å². The molecule has 1 atom stereocenters. The predicted molar refractivity (Wildman–Crippen MR) is 85.7 cm³/mol. The van der Waals surface area contributed by atoms with Crippen LogP contribution in [0.2, 0.25) is 0 Å². The van der Waals surface area contributed by atoms with Gasteiger partial charge >= 0.3 is 0 Å². The Kier molecular flexibility index (Phi) is 7.38. The van der Waals surface area contributed by atoms with E-state index in [1.54, 1.807) is 0 Å². The van der Waals surface area contributed by atoms with E-state index in [4.69, 9.17) is 0 Å². The SMILES string of the molecule is CCNC(CCN(C)C1CCCCCC1)C(C)(C)C. The molecule has 19 heavy (non-hydrogen) atoms. The maximum absolute atomic E-state index is 3.67. The van der Waals surface area contributed by atoms with Crippen molar-refractivity contribution in [3.8, 4) is 0 Å². The van der Waals surface area contributed by atoms with Gasteiger partial charge in [-0.3, -0.25) is 0 Å². The topological polar surface area (TPSA) is 15.3 Å². The first-order valence-electron chi connectivity index (χ1n) is 8.38. The summed E-state index contributed by atoms with van der Waals surface area (Å²) in [6, 6.07) is 1.47. The third kappa shape index (κ3) is 6.27. The highest BCUT2D eigenvalue weighted by Gasteiger charge is 2.25. The first-order valence-corrected chi connectivity index (χ1v) is 8.38. The Morgan fingerprint density at radius 2 is 1.68 bits per heavy atom. The third-order valence-electron chi connectivity index (χ3n) is 4.71. The zero-order valence-electron chi connectivity index (χ0n) is 14.0. The van der Waals surface area contributed by atoms with Crippen LogP contribution in [-0.4, -0.2) is 37.1 Å². The lowest BCUT2D eigenvalue weighted by Gasteiger charge is -2.34. The molecule has 2 nitrogen and oxygen atoms in total. The molecule has 0 saturated heterocycles. The monoisotopic (exact) mass is 268 g/mol. The van der Waals surface area contributed by atoms with Crippen LogP contribution in [0.4, 0.5) is 0 Å². The Hall–Kier alpha value is -0.0800. The average Bonchev–Trinajstić information content (AvgIpc) is 2.61. The van der Waals surface area contributed by atoms with Crippen LogP contribution in [0.5, 0.6) is 0 Å². The Morgan fingerprint density at radius 1 is 1.11 bits per heavy atom. The molecule has 0 radical (unpaired) electrons. The number of hydrogen-bond donors (Lipinski definition) is 1. The lowest BCUT2D eigenvalue weighted by molar-refractivity contribution is 0.181. The molecule has 1 rings (SSSR count). The molecule has 1 saturated carbocycles. The van der Waals surface area contributed by atoms with Crippen LogP contribution in [0, 0.1) is 5.41 Å². The van der Waals surface area contributed by atoms with Crippen molar-refractivity contribution in [1.82, 2.24) is 10.2 Å². The van der Waals surface area contributed by atoms with E-state index in [1.807, 2.05) is 0 Å². The third-order valence-corrected chi connectivity index (χ3v) is 4.71. The van der Waals surface area contributed by atoms with Crippen molar-refractivity contribution in [1.29, 1.82) is 0 Å². The van der Waals surface area contributed by atoms with Crippen LogP contribution in [0.3, 0.4) is 0 Å². The van der Waals surface area contributed by atoms with Gasteiger partial charge < -0.3 is 10.2 Å². The molecule has 0 aromatic heterocycles. The molecule has 0 aromatic rings. The zero-order valence-corrected chi connectivity index (χ0v) is 14.0. The van der Waals surface area contributed by atoms with Crippen LogP contribution >= 0.6 is 0 Å². The Bertz CT molecular complexity index is 224. The molecule has 1 aliphatic carbocycles. The largest absolute Gasteiger partial charge is 0.314 e. The van der Waals surface area contributed by atoms with E-state index in [2.05, 4.69) is 45.0 Å². The van der Waals surface area contributed by atoms with Gasteiger partial charge in [-0.25, -0.2) is 0 Å². The highest BCUT2D eigenvalue weighted by Crippen LogP contribution is 2.24. The molecule has 0 bridgehead atoms. The van der Waals surface area contributed by atoms with Crippen LogP contribution in [0.25, 0.3) is 0 Å². The van der Waals surface area contributed by atoms with Crippen molar-refractivity contribution >= 4 is 0 Å². The van der Waals surface area contributed by atoms with Gasteiger partial charge in [0.1, 0.15) is 0 Å². The van der Waals surface area contributed by atoms with Gasteiger partial charge in [-0.05, 0) is 44.8 Å². The van der Waals surface area contributed by atoms with Crippen molar-refractivity contribution in [2.75, 3.05) is 20.1 Å². The van der Waals surface area contributed by atoms with E-state index in [-0.39, 0.29) is 0 Å². The lowest BCUT2D eigenvalue weighted by Crippen LogP contribution is -2.43. The summed E-state index contributed by atoms with van der Waals surface area (Å²) in [5, 5.41) is 3.67. The molecule has 0 heterocycles. The summed E-state index contributed by atoms with van der Waals surface area (Å²) in [6.45, 7) is 11.6. The Labute approximate surface area is 121 Å². The quantitative estimate of drug-likeness (QED) is 0.731. The van der Waals surface area contributed by atoms with E-state index in [1.165, 1.54) is 51.5 Å². The molecular weight excluding hydrogens is 232 g/mol. The lowest BCUT2D eigenvalue weighted by atomic mass is 9.84. The van der Waals surface area contributed by atoms with Crippen molar-refractivity contribution in [3.05, 3.63) is 0 Å². The highest BCUT2D eigenvalue weighted by atomic mass is 15.1. The second-order valence-corrected chi connectivity index (χ2v) is 7.39. The molecule has 1 N–H and O–H groups in total. The number of nitrogens with zero attached hydrogens (tertiary/aromatic N) is 1. The maximum Gasteiger partial charge on any atom is 0.0128 e. The van der Waals surface area contributed by atoms with Crippen LogP contribution < -0.4 is 5.32 Å². The molecule has 0 spiro atoms. The first kappa shape index (κ1) is 17.0. The summed E-state index contributed by atoms with van der Waals surface area (Å²) >= 11 is 0. The molecule has 0 amide bonds. The fourth-order valence-electron chi connectivity index (χ4n) is 3.30. The fourth-order valence-corrected chi connectivity index (χ4v) is 3.30. The molecule has 0 aromatic carbocycles. The molecule has 114 valence electrons. The van der Waals surface area contributed by atoms with Gasteiger partial charge in [0, 0.05) is 12.1 Å². The normalized spacial score (nSPS) is 20.5. The molecule has 1 fully saturated rings. The van der Waals surface area contributed by atoms with E-state index in [0.717, 1.165) is 12.6 Å². The molecule has 2 heteroatoms. The van der Waals surface area contributed by atoms with Crippen molar-refractivity contribution in [3.63, 3.8) is 0 Å². The molecular formula is C17H36N2. The Balaban J connectivity index is 2.39. The van der Waals surface area contributed by atoms with Gasteiger partial charge in [-0.15, -0.1) is 0 Å². The predicted octanol–water partition coefficient (Wildman–Crippen LogP) is 4.06. The van der Waals surface area contributed by atoms with Crippen LogP contribution in [0.1, 0.15) is 72.6 Å². The summed E-state index contributed by atoms with van der Waals surface area (Å²) in [5.41, 5.74) is 0.361. The second kappa shape index (κ2) is 8.26. The number of nitrogens with one attached hydrogen (secondary N) is 1. The van der Waals surface area contributed by atoms with E-state index in [9.17, 15) is 0 Å². The minimum absolute atomic E-state index is 0.361. The van der Waals surface area contributed by atoms with Crippen molar-refractivity contribution < 1.29 is 0 Å². The van der Waals surface area contributed by atoms with Crippen molar-refractivity contribution in [2.24, 2.45) is 5.41 Å². The summed E-state index contributed by atoms with van der Waals surface area (Å²) in [4.78, 5) is 2.63. The highest BCUT2D eigenvalue weighted by molar-refractivity contribution is 4.82. The summed E-state index contributed by atoms with van der Waals surface area (Å²) in [5.74, 6) is 0. The molecule has 1 aliphatic rings. The number of hydrogen-bond acceptors (Lipinski definition) is 2. The zero-order chi connectivity index (χ0) is 14.3. The molecule has 0 aliphatic heterocycles. The van der Waals surface area contributed by atoms with E-state index in [0.29, 0.717) is 11.5 Å². The van der Waals surface area contributed by atoms with Gasteiger partial charge in [0.25, 0.3) is 0 Å². The van der Waals surface area contributed by atoms with Crippen molar-refractivity contribution in [2.45, 2.75) is 84.7 Å². The standard InChI is InChI=1S/C17H36N2/c1-6-18-16(17(2,3)4)13-14-19(5)15-11-9-7-8-10-12-15/h15-16,18H,6-14H2,1-5H3. The minimum atomic E-state index is 0.361. The summed E-state index contributed by atoms with van der Waals surface area (Å²) < 4.78 is 0. The summed E-state index contributed by atoms with van der Waals surface area (Å²) in [6.07, 6.45) is 9.87. The van der Waals surface area contributed by atoms with Gasteiger partial charge in [-0.1, -0.05) is 53.4 Å². The van der Waals surface area contributed by atoms with Gasteiger partial charge in [0.2, 0.25) is 0 Å². The first-order chi connectivity index (χ1) is 8.95. The average molecular weight is 268 g/mol. The van der Waals surface area contributed by atoms with Gasteiger partial charge in [0.05, 0.1) is 0 Å². The van der Waals surface area contributed by atoms with Gasteiger partial charge in [-0.2, -0.15) is 0 Å². The second-order valence-electron chi connectivity index (χ2n) is 7.39. The van der Waals surface area contributed by atoms with Gasteiger partial charge in [0.15, 0.2) is 0 Å².